The third-order valence-corrected chi connectivity index (χ3v) is 10.6. The lowest BCUT2D eigenvalue weighted by Crippen LogP contribution is -2.59. The third kappa shape index (κ3) is 5.80. The molecule has 35 heavy (non-hydrogen) atoms. The Morgan fingerprint density at radius 3 is 2.43 bits per heavy atom. The summed E-state index contributed by atoms with van der Waals surface area (Å²) in [7, 11) is -2.99. The van der Waals surface area contributed by atoms with Crippen LogP contribution in [0, 0.1) is 17.3 Å². The number of carbonyl (C=O) groups is 1. The van der Waals surface area contributed by atoms with Gasteiger partial charge >= 0.3 is 6.09 Å². The van der Waals surface area contributed by atoms with Gasteiger partial charge in [0.15, 0.2) is 0 Å². The van der Waals surface area contributed by atoms with Crippen LogP contribution in [0.25, 0.3) is 0 Å². The van der Waals surface area contributed by atoms with Gasteiger partial charge in [0.05, 0.1) is 15.5 Å². The van der Waals surface area contributed by atoms with Crippen LogP contribution >= 0.6 is 0 Å². The Labute approximate surface area is 210 Å². The molecule has 1 aliphatic carbocycles. The molecule has 2 aliphatic rings. The molecule has 0 aromatic heterocycles. The summed E-state index contributed by atoms with van der Waals surface area (Å²) in [5.41, 5.74) is 2.38. The van der Waals surface area contributed by atoms with E-state index < -0.39 is 45.6 Å². The lowest BCUT2D eigenvalue weighted by atomic mass is 9.91. The van der Waals surface area contributed by atoms with E-state index in [0.717, 1.165) is 12.8 Å². The second-order valence-corrected chi connectivity index (χ2v) is 19.2. The molecule has 1 amide bonds. The van der Waals surface area contributed by atoms with E-state index >= 15 is 4.39 Å². The van der Waals surface area contributed by atoms with E-state index in [0.29, 0.717) is 24.0 Å². The van der Waals surface area contributed by atoms with Crippen LogP contribution < -0.4 is 5.32 Å². The number of benzene rings is 1. The number of aliphatic imine (C=N–C) groups is 1. The molecule has 1 spiro atoms. The number of carbonyl (C=O) groups excluding carboxylic acids is 1. The van der Waals surface area contributed by atoms with Crippen molar-refractivity contribution in [2.75, 3.05) is 12.8 Å². The van der Waals surface area contributed by atoms with Gasteiger partial charge in [-0.25, -0.2) is 17.8 Å². The third-order valence-electron chi connectivity index (χ3n) is 6.33. The number of nitrogens with zero attached hydrogens (tertiary/aromatic N) is 2. The fourth-order valence-corrected chi connectivity index (χ4v) is 8.33. The van der Waals surface area contributed by atoms with Crippen molar-refractivity contribution in [3.8, 4) is 11.5 Å². The van der Waals surface area contributed by atoms with Gasteiger partial charge in [-0.1, -0.05) is 38.4 Å². The molecule has 1 heterocycles. The van der Waals surface area contributed by atoms with E-state index in [1.807, 2.05) is 0 Å². The van der Waals surface area contributed by atoms with Crippen LogP contribution in [-0.4, -0.2) is 47.4 Å². The van der Waals surface area contributed by atoms with Crippen LogP contribution in [0.1, 0.15) is 64.5 Å². The Kier molecular flexibility index (Phi) is 7.33. The van der Waals surface area contributed by atoms with Gasteiger partial charge in [0, 0.05) is 18.2 Å². The summed E-state index contributed by atoms with van der Waals surface area (Å²) in [4.78, 5) is 17.7. The minimum Gasteiger partial charge on any atom is -0.444 e. The molecule has 0 unspecified atom stereocenters. The quantitative estimate of drug-likeness (QED) is 0.386. The topological polar surface area (TPSA) is 80.1 Å². The van der Waals surface area contributed by atoms with Crippen molar-refractivity contribution in [3.63, 3.8) is 0 Å². The molecule has 1 aromatic rings. The minimum atomic E-state index is -2.90. The number of halogens is 1. The molecule has 0 radical (unpaired) electrons. The van der Waals surface area contributed by atoms with E-state index in [1.54, 1.807) is 46.9 Å². The monoisotopic (exact) mass is 519 g/mol. The van der Waals surface area contributed by atoms with Gasteiger partial charge in [0.25, 0.3) is 0 Å². The number of amidine groups is 1. The number of hydrogen-bond donors (Lipinski definition) is 1. The number of hydrogen-bond acceptors (Lipinski definition) is 5. The van der Waals surface area contributed by atoms with E-state index in [9.17, 15) is 9.00 Å². The van der Waals surface area contributed by atoms with Crippen molar-refractivity contribution in [2.45, 2.75) is 88.9 Å². The summed E-state index contributed by atoms with van der Waals surface area (Å²) in [6, 6.07) is 4.73. The van der Waals surface area contributed by atoms with Crippen LogP contribution in [0.3, 0.4) is 0 Å². The first-order valence-electron chi connectivity index (χ1n) is 12.1. The predicted molar refractivity (Wildman–Crippen MR) is 143 cm³/mol. The van der Waals surface area contributed by atoms with Crippen LogP contribution in [-0.2, 0) is 20.0 Å². The van der Waals surface area contributed by atoms with Crippen molar-refractivity contribution in [1.82, 2.24) is 5.32 Å². The number of ether oxygens (including phenoxy) is 1. The largest absolute Gasteiger partial charge is 0.444 e. The summed E-state index contributed by atoms with van der Waals surface area (Å²) >= 11 is 0. The molecule has 1 aromatic carbocycles. The van der Waals surface area contributed by atoms with Gasteiger partial charge in [-0.15, -0.1) is 5.54 Å². The van der Waals surface area contributed by atoms with Crippen LogP contribution in [0.4, 0.5) is 9.18 Å². The molecule has 1 fully saturated rings. The van der Waals surface area contributed by atoms with Crippen molar-refractivity contribution in [1.29, 1.82) is 0 Å². The van der Waals surface area contributed by atoms with Gasteiger partial charge in [-0.2, -0.15) is 0 Å². The zero-order valence-corrected chi connectivity index (χ0v) is 24.0. The average molecular weight is 520 g/mol. The van der Waals surface area contributed by atoms with Gasteiger partial charge in [0.2, 0.25) is 0 Å². The summed E-state index contributed by atoms with van der Waals surface area (Å²) in [5, 5.41) is 2.81. The summed E-state index contributed by atoms with van der Waals surface area (Å²) in [6.45, 7) is 13.5. The fourth-order valence-electron chi connectivity index (χ4n) is 4.75. The molecule has 9 heteroatoms. The van der Waals surface area contributed by atoms with E-state index in [4.69, 9.17) is 9.73 Å². The molecule has 3 rings (SSSR count). The summed E-state index contributed by atoms with van der Waals surface area (Å²) in [5.74, 6) is 3.07. The second-order valence-electron chi connectivity index (χ2n) is 11.7. The van der Waals surface area contributed by atoms with Gasteiger partial charge in [-0.05, 0) is 58.7 Å². The first-order valence-corrected chi connectivity index (χ1v) is 17.3. The molecule has 2 atom stereocenters. The Balaban J connectivity index is 2.18. The van der Waals surface area contributed by atoms with Crippen molar-refractivity contribution < 1.29 is 18.1 Å². The number of amides is 1. The highest BCUT2D eigenvalue weighted by Gasteiger charge is 2.55. The predicted octanol–water partition coefficient (Wildman–Crippen LogP) is 5.62. The SMILES string of the molecule is CN=[S@@]1(=O)C[C@@](C)(c2cc(C#C[Si](C)(C)C)ccc2F)N=C(NC(=O)OC(C)(C)C)C12CCCC2. The Bertz CT molecular complexity index is 1220. The first kappa shape index (κ1) is 27.4. The standard InChI is InChI=1S/C26H38FN3O3SSi/c1-24(2,3)33-23(31)29-22-26(14-9-10-15-26)34(32,28-5)18-25(4,30-22)20-17-19(11-12-21(20)27)13-16-35(6,7)8/h11-12,17H,9-10,14-15,18H2,1-8H3,(H,29,30,31)/t25-,34+/m0/s1. The zero-order chi connectivity index (χ0) is 26.3. The molecule has 0 saturated heterocycles. The smallest absolute Gasteiger partial charge is 0.413 e. The molecule has 1 aliphatic heterocycles. The van der Waals surface area contributed by atoms with Gasteiger partial charge < -0.3 is 4.74 Å². The molecule has 192 valence electrons. The van der Waals surface area contributed by atoms with Gasteiger partial charge in [0.1, 0.15) is 35.6 Å². The molecule has 6 nitrogen and oxygen atoms in total. The maximum Gasteiger partial charge on any atom is 0.413 e. The van der Waals surface area contributed by atoms with E-state index in [-0.39, 0.29) is 11.6 Å². The maximum atomic E-state index is 15.3. The Morgan fingerprint density at radius 1 is 1.26 bits per heavy atom. The van der Waals surface area contributed by atoms with Crippen molar-refractivity contribution in [2.24, 2.45) is 9.36 Å². The summed E-state index contributed by atoms with van der Waals surface area (Å²) in [6.07, 6.45) is 2.23. The van der Waals surface area contributed by atoms with Crippen molar-refractivity contribution >= 4 is 29.7 Å². The Morgan fingerprint density at radius 2 is 1.89 bits per heavy atom. The molecular weight excluding hydrogens is 481 g/mol. The van der Waals surface area contributed by atoms with E-state index in [1.165, 1.54) is 6.07 Å². The van der Waals surface area contributed by atoms with Crippen LogP contribution in [0.5, 0.6) is 0 Å². The van der Waals surface area contributed by atoms with Gasteiger partial charge in [-0.3, -0.25) is 10.3 Å². The number of alkyl carbamates (subject to hydrolysis) is 1. The van der Waals surface area contributed by atoms with Crippen molar-refractivity contribution in [3.05, 3.63) is 35.1 Å². The number of rotatable bonds is 1. The van der Waals surface area contributed by atoms with Crippen LogP contribution in [0.2, 0.25) is 19.6 Å². The highest BCUT2D eigenvalue weighted by Crippen LogP contribution is 2.47. The maximum absolute atomic E-state index is 15.3. The minimum absolute atomic E-state index is 0.0673. The van der Waals surface area contributed by atoms with Crippen LogP contribution in [0.15, 0.2) is 27.6 Å². The summed E-state index contributed by atoms with van der Waals surface area (Å²) < 4.78 is 38.7. The average Bonchev–Trinajstić information content (AvgIpc) is 3.21. The molecule has 1 N–H and O–H groups in total. The number of nitrogens with one attached hydrogen (secondary N) is 1. The second kappa shape index (κ2) is 9.36. The molecule has 0 bridgehead atoms. The normalized spacial score (nSPS) is 25.9. The zero-order valence-electron chi connectivity index (χ0n) is 22.2. The molecule has 1 saturated carbocycles. The van der Waals surface area contributed by atoms with E-state index in [2.05, 4.69) is 40.8 Å². The lowest BCUT2D eigenvalue weighted by Gasteiger charge is -2.43. The Hall–Kier alpha value is -2.18. The molecular formula is C26H38FN3O3SSi. The fraction of sp³-hybridized carbons (Fsp3) is 0.615. The highest BCUT2D eigenvalue weighted by atomic mass is 32.2. The highest BCUT2D eigenvalue weighted by molar-refractivity contribution is 7.95. The first-order chi connectivity index (χ1) is 16.0. The lowest BCUT2D eigenvalue weighted by molar-refractivity contribution is 0.0560.